The van der Waals surface area contributed by atoms with Crippen LogP contribution in [-0.4, -0.2) is 18.2 Å². The van der Waals surface area contributed by atoms with Crippen molar-refractivity contribution in [3.8, 4) is 17.1 Å². The minimum atomic E-state index is -0.525. The van der Waals surface area contributed by atoms with Crippen LogP contribution in [0, 0.1) is 0 Å². The van der Waals surface area contributed by atoms with E-state index in [2.05, 4.69) is 9.89 Å². The van der Waals surface area contributed by atoms with E-state index in [1.54, 1.807) is 6.07 Å². The summed E-state index contributed by atoms with van der Waals surface area (Å²) in [6, 6.07) is 18.9. The number of ether oxygens (including phenoxy) is 2. The number of esters is 1. The smallest absolute Gasteiger partial charge is 0.360 e. The number of hydrogen-bond donors (Lipinski definition) is 0. The van der Waals surface area contributed by atoms with Gasteiger partial charge in [0.15, 0.2) is 11.5 Å². The molecule has 0 aliphatic carbocycles. The molecule has 0 saturated heterocycles. The highest BCUT2D eigenvalue weighted by molar-refractivity contribution is 5.88. The Balaban J connectivity index is 1.67. The molecule has 0 atom stereocenters. The molecular formula is C18H15NO4. The third-order valence-electron chi connectivity index (χ3n) is 3.29. The van der Waals surface area contributed by atoms with E-state index in [4.69, 9.17) is 9.26 Å². The monoisotopic (exact) mass is 309 g/mol. The molecule has 3 aromatic rings. The van der Waals surface area contributed by atoms with E-state index in [1.807, 2.05) is 54.6 Å². The lowest BCUT2D eigenvalue weighted by Gasteiger charge is -2.06. The first-order valence-electron chi connectivity index (χ1n) is 7.08. The number of rotatable bonds is 5. The summed E-state index contributed by atoms with van der Waals surface area (Å²) in [6.45, 7) is 0.509. The molecule has 0 bridgehead atoms. The van der Waals surface area contributed by atoms with Crippen LogP contribution in [0.15, 0.2) is 65.2 Å². The van der Waals surface area contributed by atoms with Crippen LogP contribution >= 0.6 is 0 Å². The summed E-state index contributed by atoms with van der Waals surface area (Å²) < 4.78 is 15.5. The summed E-state index contributed by atoms with van der Waals surface area (Å²) in [6.07, 6.45) is 0. The van der Waals surface area contributed by atoms with Gasteiger partial charge in [0.25, 0.3) is 0 Å². The van der Waals surface area contributed by atoms with Crippen LogP contribution in [0.2, 0.25) is 0 Å². The number of benzene rings is 2. The van der Waals surface area contributed by atoms with Gasteiger partial charge in [0.05, 0.1) is 7.11 Å². The fourth-order valence-corrected chi connectivity index (χ4v) is 2.07. The molecule has 0 N–H and O–H groups in total. The Labute approximate surface area is 133 Å². The lowest BCUT2D eigenvalue weighted by Crippen LogP contribution is -2.00. The highest BCUT2D eigenvalue weighted by Gasteiger charge is 2.13. The highest BCUT2D eigenvalue weighted by Crippen LogP contribution is 2.23. The molecule has 5 heteroatoms. The van der Waals surface area contributed by atoms with Crippen molar-refractivity contribution < 1.29 is 18.8 Å². The Bertz CT molecular complexity index is 778. The van der Waals surface area contributed by atoms with Crippen molar-refractivity contribution in [1.82, 2.24) is 5.16 Å². The van der Waals surface area contributed by atoms with Gasteiger partial charge in [-0.05, 0) is 29.8 Å². The molecule has 3 rings (SSSR count). The van der Waals surface area contributed by atoms with Crippen molar-refractivity contribution in [2.75, 3.05) is 7.11 Å². The van der Waals surface area contributed by atoms with Crippen LogP contribution < -0.4 is 4.74 Å². The number of carbonyl (C=O) groups excluding carboxylic acids is 1. The molecular weight excluding hydrogens is 294 g/mol. The number of hydrogen-bond acceptors (Lipinski definition) is 5. The van der Waals surface area contributed by atoms with Crippen LogP contribution in [0.3, 0.4) is 0 Å². The van der Waals surface area contributed by atoms with Gasteiger partial charge in [-0.3, -0.25) is 0 Å². The van der Waals surface area contributed by atoms with E-state index in [0.29, 0.717) is 12.4 Å². The molecule has 0 aliphatic heterocycles. The van der Waals surface area contributed by atoms with Crippen molar-refractivity contribution >= 4 is 5.97 Å². The van der Waals surface area contributed by atoms with Gasteiger partial charge in [0.1, 0.15) is 12.4 Å². The van der Waals surface area contributed by atoms with Crippen molar-refractivity contribution in [1.29, 1.82) is 0 Å². The lowest BCUT2D eigenvalue weighted by atomic mass is 10.1. The van der Waals surface area contributed by atoms with E-state index in [9.17, 15) is 4.79 Å². The first-order valence-corrected chi connectivity index (χ1v) is 7.08. The number of methoxy groups -OCH3 is 1. The molecule has 0 spiro atoms. The first-order chi connectivity index (χ1) is 11.3. The summed E-state index contributed by atoms with van der Waals surface area (Å²) in [4.78, 5) is 11.4. The zero-order valence-electron chi connectivity index (χ0n) is 12.6. The molecule has 0 fully saturated rings. The van der Waals surface area contributed by atoms with Gasteiger partial charge in [-0.15, -0.1) is 0 Å². The lowest BCUT2D eigenvalue weighted by molar-refractivity contribution is 0.0589. The molecule has 2 aromatic carbocycles. The highest BCUT2D eigenvalue weighted by atomic mass is 16.5. The fourth-order valence-electron chi connectivity index (χ4n) is 2.07. The fraction of sp³-hybridized carbons (Fsp3) is 0.111. The van der Waals surface area contributed by atoms with Gasteiger partial charge in [-0.2, -0.15) is 0 Å². The number of carbonyl (C=O) groups is 1. The topological polar surface area (TPSA) is 61.6 Å². The second kappa shape index (κ2) is 6.79. The van der Waals surface area contributed by atoms with Crippen LogP contribution in [0.1, 0.15) is 16.1 Å². The summed E-state index contributed by atoms with van der Waals surface area (Å²) in [7, 11) is 1.30. The minimum Gasteiger partial charge on any atom is -0.489 e. The Kier molecular flexibility index (Phi) is 4.38. The molecule has 116 valence electrons. The summed E-state index contributed by atoms with van der Waals surface area (Å²) >= 11 is 0. The predicted octanol–water partition coefficient (Wildman–Crippen LogP) is 3.71. The largest absolute Gasteiger partial charge is 0.489 e. The minimum absolute atomic E-state index is 0.145. The molecule has 1 heterocycles. The Hall–Kier alpha value is -3.08. The molecule has 0 amide bonds. The average molecular weight is 309 g/mol. The van der Waals surface area contributed by atoms with Gasteiger partial charge < -0.3 is 14.0 Å². The first kappa shape index (κ1) is 14.8. The van der Waals surface area contributed by atoms with Gasteiger partial charge in [0, 0.05) is 11.6 Å². The van der Waals surface area contributed by atoms with Gasteiger partial charge in [0.2, 0.25) is 0 Å². The van der Waals surface area contributed by atoms with E-state index in [0.717, 1.165) is 16.9 Å². The van der Waals surface area contributed by atoms with Crippen LogP contribution in [0.4, 0.5) is 0 Å². The summed E-state index contributed by atoms with van der Waals surface area (Å²) in [5, 5.41) is 3.68. The van der Waals surface area contributed by atoms with Crippen molar-refractivity contribution in [2.45, 2.75) is 6.61 Å². The van der Waals surface area contributed by atoms with E-state index in [-0.39, 0.29) is 5.69 Å². The zero-order chi connectivity index (χ0) is 16.1. The normalized spacial score (nSPS) is 10.3. The standard InChI is InChI=1S/C18H15NO4/c1-21-18(20)16-11-17(23-19-16)14-7-9-15(10-8-14)22-12-13-5-3-2-4-6-13/h2-11H,12H2,1H3. The number of aromatic nitrogens is 1. The van der Waals surface area contributed by atoms with E-state index in [1.165, 1.54) is 7.11 Å². The maximum Gasteiger partial charge on any atom is 0.360 e. The van der Waals surface area contributed by atoms with E-state index >= 15 is 0 Å². The second-order valence-electron chi connectivity index (χ2n) is 4.87. The Morgan fingerprint density at radius 2 is 1.83 bits per heavy atom. The Morgan fingerprint density at radius 1 is 1.09 bits per heavy atom. The van der Waals surface area contributed by atoms with Gasteiger partial charge in [-0.1, -0.05) is 35.5 Å². The van der Waals surface area contributed by atoms with Gasteiger partial charge in [-0.25, -0.2) is 4.79 Å². The molecule has 0 unspecified atom stereocenters. The van der Waals surface area contributed by atoms with Crippen molar-refractivity contribution in [3.05, 3.63) is 71.9 Å². The van der Waals surface area contributed by atoms with Crippen LogP contribution in [0.25, 0.3) is 11.3 Å². The summed E-state index contributed by atoms with van der Waals surface area (Å²) in [5.74, 6) is 0.730. The summed E-state index contributed by atoms with van der Waals surface area (Å²) in [5.41, 5.74) is 2.06. The Morgan fingerprint density at radius 3 is 2.52 bits per heavy atom. The molecule has 5 nitrogen and oxygen atoms in total. The third-order valence-corrected chi connectivity index (χ3v) is 3.29. The SMILES string of the molecule is COC(=O)c1cc(-c2ccc(OCc3ccccc3)cc2)on1. The molecule has 0 aliphatic rings. The van der Waals surface area contributed by atoms with Crippen molar-refractivity contribution in [3.63, 3.8) is 0 Å². The second-order valence-corrected chi connectivity index (χ2v) is 4.87. The van der Waals surface area contributed by atoms with Crippen molar-refractivity contribution in [2.24, 2.45) is 0 Å². The van der Waals surface area contributed by atoms with Gasteiger partial charge >= 0.3 is 5.97 Å². The maximum absolute atomic E-state index is 11.4. The zero-order valence-corrected chi connectivity index (χ0v) is 12.6. The molecule has 0 radical (unpaired) electrons. The quantitative estimate of drug-likeness (QED) is 0.672. The number of nitrogens with zero attached hydrogens (tertiary/aromatic N) is 1. The van der Waals surface area contributed by atoms with E-state index < -0.39 is 5.97 Å². The predicted molar refractivity (Wildman–Crippen MR) is 84.1 cm³/mol. The maximum atomic E-state index is 11.4. The van der Waals surface area contributed by atoms with Crippen LogP contribution in [-0.2, 0) is 11.3 Å². The molecule has 1 aromatic heterocycles. The average Bonchev–Trinajstić information content (AvgIpc) is 3.11. The molecule has 23 heavy (non-hydrogen) atoms. The van der Waals surface area contributed by atoms with Crippen LogP contribution in [0.5, 0.6) is 5.75 Å². The molecule has 0 saturated carbocycles. The third kappa shape index (κ3) is 3.58.